The predicted molar refractivity (Wildman–Crippen MR) is 142 cm³/mol. The number of nitrogens with zero attached hydrogens (tertiary/aromatic N) is 2. The molecule has 1 aliphatic heterocycles. The molecule has 1 aliphatic rings. The van der Waals surface area contributed by atoms with Crippen LogP contribution in [0.15, 0.2) is 66.2 Å². The second-order valence-electron chi connectivity index (χ2n) is 7.40. The van der Waals surface area contributed by atoms with Gasteiger partial charge in [-0.25, -0.2) is 0 Å². The van der Waals surface area contributed by atoms with Crippen LogP contribution >= 0.6 is 47.0 Å². The summed E-state index contributed by atoms with van der Waals surface area (Å²) in [6.45, 7) is -0.0619. The van der Waals surface area contributed by atoms with Crippen molar-refractivity contribution >= 4 is 81.4 Å². The minimum atomic E-state index is -0.762. The number of halogens is 3. The molecular formula is C24H14Cl3N3O5S. The third kappa shape index (κ3) is 5.34. The van der Waals surface area contributed by atoms with Crippen LogP contribution in [-0.4, -0.2) is 21.9 Å². The molecule has 3 aromatic rings. The molecule has 0 aliphatic carbocycles. The first-order valence-electron chi connectivity index (χ1n) is 10.2. The Labute approximate surface area is 225 Å². The van der Waals surface area contributed by atoms with Crippen molar-refractivity contribution in [3.05, 3.63) is 103 Å². The number of ether oxygens (including phenoxy) is 1. The Morgan fingerprint density at radius 2 is 1.69 bits per heavy atom. The van der Waals surface area contributed by atoms with Gasteiger partial charge in [-0.3, -0.25) is 29.9 Å². The van der Waals surface area contributed by atoms with Crippen LogP contribution in [0.25, 0.3) is 6.08 Å². The fourth-order valence-electron chi connectivity index (χ4n) is 3.35. The Kier molecular flexibility index (Phi) is 7.56. The average Bonchev–Trinajstić information content (AvgIpc) is 2.83. The molecule has 0 atom stereocenters. The van der Waals surface area contributed by atoms with Crippen molar-refractivity contribution in [3.8, 4) is 5.75 Å². The lowest BCUT2D eigenvalue weighted by Crippen LogP contribution is -2.54. The van der Waals surface area contributed by atoms with E-state index in [9.17, 15) is 19.7 Å². The Hall–Kier alpha value is -3.50. The van der Waals surface area contributed by atoms with E-state index in [4.69, 9.17) is 51.8 Å². The number of anilines is 1. The zero-order chi connectivity index (χ0) is 26.0. The summed E-state index contributed by atoms with van der Waals surface area (Å²) in [5.74, 6) is -1.32. The quantitative estimate of drug-likeness (QED) is 0.131. The molecule has 1 N–H and O–H groups in total. The summed E-state index contributed by atoms with van der Waals surface area (Å²) in [5, 5.41) is 14.9. The van der Waals surface area contributed by atoms with E-state index >= 15 is 0 Å². The van der Waals surface area contributed by atoms with Gasteiger partial charge >= 0.3 is 0 Å². The molecule has 4 rings (SSSR count). The summed E-state index contributed by atoms with van der Waals surface area (Å²) in [6, 6.07) is 15.0. The largest absolute Gasteiger partial charge is 0.488 e. The standard InChI is InChI=1S/C24H14Cl3N3O5S/c25-14-4-6-15(7-5-14)29-23(32)17(22(31)28-24(29)36)11-13-10-16(30(33)34)8-9-21(13)35-12-18-19(26)2-1-3-20(18)27/h1-11H,12H2,(H,28,31,36)/b17-11+. The van der Waals surface area contributed by atoms with Gasteiger partial charge in [-0.15, -0.1) is 0 Å². The van der Waals surface area contributed by atoms with Crippen molar-refractivity contribution in [3.63, 3.8) is 0 Å². The molecule has 0 unspecified atom stereocenters. The van der Waals surface area contributed by atoms with Crippen LogP contribution in [0.5, 0.6) is 5.75 Å². The molecular weight excluding hydrogens is 549 g/mol. The second kappa shape index (κ2) is 10.6. The number of hydrogen-bond acceptors (Lipinski definition) is 6. The molecule has 12 heteroatoms. The fourth-order valence-corrected chi connectivity index (χ4v) is 4.26. The van der Waals surface area contributed by atoms with Gasteiger partial charge in [0.25, 0.3) is 17.5 Å². The Morgan fingerprint density at radius 1 is 1.03 bits per heavy atom. The van der Waals surface area contributed by atoms with Gasteiger partial charge in [0.1, 0.15) is 17.9 Å². The number of nitro benzene ring substituents is 1. The molecule has 182 valence electrons. The number of carbonyl (C=O) groups excluding carboxylic acids is 2. The van der Waals surface area contributed by atoms with E-state index in [1.165, 1.54) is 24.3 Å². The lowest BCUT2D eigenvalue weighted by molar-refractivity contribution is -0.384. The molecule has 0 saturated carbocycles. The van der Waals surface area contributed by atoms with Gasteiger partial charge in [-0.2, -0.15) is 0 Å². The Bertz CT molecular complexity index is 1420. The van der Waals surface area contributed by atoms with Crippen molar-refractivity contribution in [2.24, 2.45) is 0 Å². The zero-order valence-corrected chi connectivity index (χ0v) is 21.1. The van der Waals surface area contributed by atoms with Crippen LogP contribution in [0, 0.1) is 10.1 Å². The molecule has 3 aromatic carbocycles. The number of benzene rings is 3. The summed E-state index contributed by atoms with van der Waals surface area (Å²) in [5.41, 5.74) is 0.431. The Morgan fingerprint density at radius 3 is 2.33 bits per heavy atom. The van der Waals surface area contributed by atoms with E-state index in [0.717, 1.165) is 4.90 Å². The van der Waals surface area contributed by atoms with E-state index < -0.39 is 16.7 Å². The van der Waals surface area contributed by atoms with Crippen LogP contribution in [0.3, 0.4) is 0 Å². The van der Waals surface area contributed by atoms with E-state index in [1.54, 1.807) is 42.5 Å². The smallest absolute Gasteiger partial charge is 0.270 e. The number of hydrogen-bond donors (Lipinski definition) is 1. The van der Waals surface area contributed by atoms with Crippen molar-refractivity contribution in [1.29, 1.82) is 0 Å². The van der Waals surface area contributed by atoms with Gasteiger partial charge in [-0.1, -0.05) is 40.9 Å². The second-order valence-corrected chi connectivity index (χ2v) is 9.04. The SMILES string of the molecule is O=C1NC(=S)N(c2ccc(Cl)cc2)C(=O)/C1=C/c1cc([N+](=O)[O-])ccc1OCc1c(Cl)cccc1Cl. The van der Waals surface area contributed by atoms with Crippen molar-refractivity contribution in [1.82, 2.24) is 5.32 Å². The lowest BCUT2D eigenvalue weighted by Gasteiger charge is -2.29. The highest BCUT2D eigenvalue weighted by molar-refractivity contribution is 7.80. The highest BCUT2D eigenvalue weighted by Gasteiger charge is 2.34. The van der Waals surface area contributed by atoms with E-state index in [-0.39, 0.29) is 34.3 Å². The molecule has 0 radical (unpaired) electrons. The maximum atomic E-state index is 13.3. The maximum Gasteiger partial charge on any atom is 0.270 e. The lowest BCUT2D eigenvalue weighted by atomic mass is 10.1. The molecule has 0 spiro atoms. The highest BCUT2D eigenvalue weighted by atomic mass is 35.5. The number of thiocarbonyl (C=S) groups is 1. The zero-order valence-electron chi connectivity index (χ0n) is 18.0. The summed E-state index contributed by atoms with van der Waals surface area (Å²) < 4.78 is 5.84. The molecule has 1 saturated heterocycles. The maximum absolute atomic E-state index is 13.3. The average molecular weight is 563 g/mol. The van der Waals surface area contributed by atoms with Gasteiger partial charge in [0.2, 0.25) is 0 Å². The molecule has 0 aromatic heterocycles. The van der Waals surface area contributed by atoms with Crippen LogP contribution in [-0.2, 0) is 16.2 Å². The van der Waals surface area contributed by atoms with Crippen molar-refractivity contribution in [2.45, 2.75) is 6.61 Å². The number of nitro groups is 1. The number of non-ortho nitro benzene ring substituents is 1. The molecule has 0 bridgehead atoms. The molecule has 1 fully saturated rings. The number of rotatable bonds is 6. The van der Waals surface area contributed by atoms with Crippen molar-refractivity contribution < 1.29 is 19.2 Å². The first-order valence-corrected chi connectivity index (χ1v) is 11.7. The third-order valence-electron chi connectivity index (χ3n) is 5.12. The predicted octanol–water partition coefficient (Wildman–Crippen LogP) is 5.97. The van der Waals surface area contributed by atoms with Gasteiger partial charge in [0, 0.05) is 38.3 Å². The topological polar surface area (TPSA) is 102 Å². The fraction of sp³-hybridized carbons (Fsp3) is 0.0417. The minimum absolute atomic E-state index is 0.0619. The first kappa shape index (κ1) is 25.6. The van der Waals surface area contributed by atoms with Crippen molar-refractivity contribution in [2.75, 3.05) is 4.90 Å². The monoisotopic (exact) mass is 561 g/mol. The highest BCUT2D eigenvalue weighted by Crippen LogP contribution is 2.31. The molecule has 1 heterocycles. The molecule has 36 heavy (non-hydrogen) atoms. The molecule has 8 nitrogen and oxygen atoms in total. The van der Waals surface area contributed by atoms with Crippen LogP contribution in [0.1, 0.15) is 11.1 Å². The van der Waals surface area contributed by atoms with Crippen LogP contribution < -0.4 is 15.0 Å². The Balaban J connectivity index is 1.74. The van der Waals surface area contributed by atoms with E-state index in [2.05, 4.69) is 5.32 Å². The molecule has 2 amide bonds. The number of amides is 2. The first-order chi connectivity index (χ1) is 17.2. The van der Waals surface area contributed by atoms with E-state index in [1.807, 2.05) is 0 Å². The van der Waals surface area contributed by atoms with Gasteiger partial charge in [0.05, 0.1) is 10.6 Å². The van der Waals surface area contributed by atoms with Crippen LogP contribution in [0.2, 0.25) is 15.1 Å². The minimum Gasteiger partial charge on any atom is -0.488 e. The van der Waals surface area contributed by atoms with Gasteiger partial charge in [-0.05, 0) is 60.8 Å². The van der Waals surface area contributed by atoms with Gasteiger partial charge < -0.3 is 4.74 Å². The van der Waals surface area contributed by atoms with Crippen LogP contribution in [0.4, 0.5) is 11.4 Å². The normalized spacial score (nSPS) is 14.7. The summed E-state index contributed by atoms with van der Waals surface area (Å²) in [6.07, 6.45) is 1.21. The third-order valence-corrected chi connectivity index (χ3v) is 6.37. The summed E-state index contributed by atoms with van der Waals surface area (Å²) >= 11 is 23.5. The number of nitrogens with one attached hydrogen (secondary N) is 1. The summed E-state index contributed by atoms with van der Waals surface area (Å²) in [4.78, 5) is 37.9. The number of carbonyl (C=O) groups is 2. The van der Waals surface area contributed by atoms with Gasteiger partial charge in [0.15, 0.2) is 5.11 Å². The van der Waals surface area contributed by atoms with E-state index in [0.29, 0.717) is 26.3 Å². The summed E-state index contributed by atoms with van der Waals surface area (Å²) in [7, 11) is 0.